The Balaban J connectivity index is 2.47. The van der Waals surface area contributed by atoms with Gasteiger partial charge in [0.15, 0.2) is 6.10 Å². The summed E-state index contributed by atoms with van der Waals surface area (Å²) in [6.45, 7) is 1.42. The predicted molar refractivity (Wildman–Crippen MR) is 60.8 cm³/mol. The van der Waals surface area contributed by atoms with Crippen molar-refractivity contribution in [3.05, 3.63) is 30.3 Å². The average molecular weight is 225 g/mol. The van der Waals surface area contributed by atoms with Crippen molar-refractivity contribution in [1.29, 1.82) is 0 Å². The number of carbonyl (C=O) groups is 1. The minimum atomic E-state index is -1.05. The highest BCUT2D eigenvalue weighted by Gasteiger charge is 2.13. The van der Waals surface area contributed by atoms with Crippen molar-refractivity contribution in [2.75, 3.05) is 5.32 Å². The van der Waals surface area contributed by atoms with E-state index in [9.17, 15) is 4.79 Å². The summed E-state index contributed by atoms with van der Waals surface area (Å²) in [5, 5.41) is 11.4. The number of hydrogen-bond acceptors (Lipinski definition) is 3. The summed E-state index contributed by atoms with van der Waals surface area (Å²) in [7, 11) is 0. The molecule has 1 rings (SSSR count). The minimum absolute atomic E-state index is 0.0519. The highest BCUT2D eigenvalue weighted by Crippen LogP contribution is 2.06. The molecule has 0 aliphatic rings. The maximum atomic E-state index is 10.5. The number of carboxylic acid groups (broad SMARTS) is 1. The monoisotopic (exact) mass is 225 g/mol. The van der Waals surface area contributed by atoms with E-state index in [1.54, 1.807) is 12.1 Å². The molecule has 0 aromatic heterocycles. The Kier molecular flexibility index (Phi) is 4.05. The van der Waals surface area contributed by atoms with Gasteiger partial charge in [-0.25, -0.2) is 4.79 Å². The maximum absolute atomic E-state index is 10.5. The third kappa shape index (κ3) is 3.95. The van der Waals surface area contributed by atoms with Crippen LogP contribution in [0, 0.1) is 0 Å². The van der Waals surface area contributed by atoms with E-state index in [1.165, 1.54) is 6.92 Å². The van der Waals surface area contributed by atoms with Crippen LogP contribution in [0.4, 0.5) is 5.69 Å². The highest BCUT2D eigenvalue weighted by molar-refractivity contribution is 7.80. The Bertz CT molecular complexity index is 353. The summed E-state index contributed by atoms with van der Waals surface area (Å²) in [4.78, 5) is 10.5. The van der Waals surface area contributed by atoms with Crippen molar-refractivity contribution in [3.63, 3.8) is 0 Å². The molecule has 0 fully saturated rings. The van der Waals surface area contributed by atoms with E-state index < -0.39 is 12.1 Å². The van der Waals surface area contributed by atoms with Gasteiger partial charge < -0.3 is 15.2 Å². The van der Waals surface area contributed by atoms with Gasteiger partial charge in [0.2, 0.25) is 0 Å². The molecule has 0 heterocycles. The van der Waals surface area contributed by atoms with Gasteiger partial charge in [0.05, 0.1) is 0 Å². The van der Waals surface area contributed by atoms with Gasteiger partial charge in [-0.05, 0) is 31.3 Å². The first kappa shape index (κ1) is 11.5. The lowest BCUT2D eigenvalue weighted by molar-refractivity contribution is -0.144. The van der Waals surface area contributed by atoms with Crippen LogP contribution in [0.5, 0.6) is 0 Å². The first-order valence-electron chi connectivity index (χ1n) is 4.35. The van der Waals surface area contributed by atoms with Crippen molar-refractivity contribution in [2.24, 2.45) is 0 Å². The Morgan fingerprint density at radius 2 is 2.07 bits per heavy atom. The molecule has 2 N–H and O–H groups in total. The van der Waals surface area contributed by atoms with Gasteiger partial charge in [0, 0.05) is 5.69 Å². The van der Waals surface area contributed by atoms with Gasteiger partial charge in [-0.15, -0.1) is 0 Å². The molecule has 1 aromatic rings. The Morgan fingerprint density at radius 1 is 1.47 bits per heavy atom. The normalized spacial score (nSPS) is 11.5. The molecule has 0 radical (unpaired) electrons. The van der Waals surface area contributed by atoms with Crippen molar-refractivity contribution >= 4 is 29.0 Å². The standard InChI is InChI=1S/C10H11NO3S/c1-7(9(12)13)14-10(15)11-8-5-3-2-4-6-8/h2-7H,1H3,(H,11,15)(H,12,13). The van der Waals surface area contributed by atoms with Crippen LogP contribution in [-0.2, 0) is 9.53 Å². The van der Waals surface area contributed by atoms with Gasteiger partial charge in [0.1, 0.15) is 0 Å². The minimum Gasteiger partial charge on any atom is -0.479 e. The SMILES string of the molecule is CC(OC(=S)Nc1ccccc1)C(=O)O. The van der Waals surface area contributed by atoms with Crippen LogP contribution >= 0.6 is 12.2 Å². The third-order valence-corrected chi connectivity index (χ3v) is 1.85. The van der Waals surface area contributed by atoms with Crippen LogP contribution in [0.1, 0.15) is 6.92 Å². The summed E-state index contributed by atoms with van der Waals surface area (Å²) in [6, 6.07) is 9.16. The van der Waals surface area contributed by atoms with Crippen LogP contribution in [0.3, 0.4) is 0 Å². The number of anilines is 1. The molecule has 0 spiro atoms. The topological polar surface area (TPSA) is 58.6 Å². The zero-order valence-corrected chi connectivity index (χ0v) is 8.95. The molecule has 1 unspecified atom stereocenters. The van der Waals surface area contributed by atoms with Crippen molar-refractivity contribution in [3.8, 4) is 0 Å². The fraction of sp³-hybridized carbons (Fsp3) is 0.200. The summed E-state index contributed by atoms with van der Waals surface area (Å²) in [6.07, 6.45) is -0.950. The molecule has 0 bridgehead atoms. The molecule has 4 nitrogen and oxygen atoms in total. The lowest BCUT2D eigenvalue weighted by atomic mass is 10.3. The van der Waals surface area contributed by atoms with Crippen LogP contribution in [-0.4, -0.2) is 22.4 Å². The molecule has 0 saturated carbocycles. The quantitative estimate of drug-likeness (QED) is 0.769. The van der Waals surface area contributed by atoms with Gasteiger partial charge in [-0.3, -0.25) is 0 Å². The smallest absolute Gasteiger partial charge is 0.344 e. The summed E-state index contributed by atoms with van der Waals surface area (Å²) >= 11 is 4.83. The van der Waals surface area contributed by atoms with Gasteiger partial charge >= 0.3 is 5.97 Å². The van der Waals surface area contributed by atoms with Gasteiger partial charge in [-0.1, -0.05) is 18.2 Å². The molecular formula is C10H11NO3S. The summed E-state index contributed by atoms with van der Waals surface area (Å²) < 4.78 is 4.94. The number of thiocarbonyl (C=S) groups is 1. The zero-order chi connectivity index (χ0) is 11.3. The number of nitrogens with one attached hydrogen (secondary N) is 1. The molecule has 80 valence electrons. The lowest BCUT2D eigenvalue weighted by Crippen LogP contribution is -2.26. The fourth-order valence-electron chi connectivity index (χ4n) is 0.880. The van der Waals surface area contributed by atoms with Crippen LogP contribution in [0.25, 0.3) is 0 Å². The molecule has 15 heavy (non-hydrogen) atoms. The lowest BCUT2D eigenvalue weighted by Gasteiger charge is -2.12. The van der Waals surface area contributed by atoms with Gasteiger partial charge in [-0.2, -0.15) is 0 Å². The fourth-order valence-corrected chi connectivity index (χ4v) is 1.14. The van der Waals surface area contributed by atoms with Crippen molar-refractivity contribution < 1.29 is 14.6 Å². The number of aliphatic carboxylic acids is 1. The van der Waals surface area contributed by atoms with Crippen molar-refractivity contribution in [2.45, 2.75) is 13.0 Å². The molecule has 5 heteroatoms. The zero-order valence-electron chi connectivity index (χ0n) is 8.14. The average Bonchev–Trinajstić information content (AvgIpc) is 2.18. The number of ether oxygens (including phenoxy) is 1. The molecule has 1 aromatic carbocycles. The molecule has 0 amide bonds. The Hall–Kier alpha value is -1.62. The molecule has 0 aliphatic carbocycles. The second-order valence-electron chi connectivity index (χ2n) is 2.88. The van der Waals surface area contributed by atoms with Crippen LogP contribution in [0.15, 0.2) is 30.3 Å². The molecule has 0 aliphatic heterocycles. The van der Waals surface area contributed by atoms with Crippen LogP contribution in [0.2, 0.25) is 0 Å². The number of rotatable bonds is 3. The first-order chi connectivity index (χ1) is 7.09. The summed E-state index contributed by atoms with van der Waals surface area (Å²) in [5.41, 5.74) is 0.764. The second kappa shape index (κ2) is 5.31. The maximum Gasteiger partial charge on any atom is 0.344 e. The number of para-hydroxylation sites is 1. The van der Waals surface area contributed by atoms with Crippen molar-refractivity contribution in [1.82, 2.24) is 0 Å². The van der Waals surface area contributed by atoms with E-state index in [2.05, 4.69) is 5.32 Å². The van der Waals surface area contributed by atoms with E-state index in [4.69, 9.17) is 22.1 Å². The van der Waals surface area contributed by atoms with E-state index in [-0.39, 0.29) is 5.17 Å². The first-order valence-corrected chi connectivity index (χ1v) is 4.76. The number of hydrogen-bond donors (Lipinski definition) is 2. The van der Waals surface area contributed by atoms with E-state index in [0.717, 1.165) is 5.69 Å². The summed E-state index contributed by atoms with van der Waals surface area (Å²) in [5.74, 6) is -1.05. The molecule has 1 atom stereocenters. The molecule has 0 saturated heterocycles. The van der Waals surface area contributed by atoms with Crippen LogP contribution < -0.4 is 5.32 Å². The highest BCUT2D eigenvalue weighted by atomic mass is 32.1. The van der Waals surface area contributed by atoms with E-state index in [0.29, 0.717) is 0 Å². The van der Waals surface area contributed by atoms with Gasteiger partial charge in [0.25, 0.3) is 5.17 Å². The molecular weight excluding hydrogens is 214 g/mol. The second-order valence-corrected chi connectivity index (χ2v) is 3.25. The van der Waals surface area contributed by atoms with E-state index in [1.807, 2.05) is 18.2 Å². The predicted octanol–water partition coefficient (Wildman–Crippen LogP) is 1.87. The number of benzene rings is 1. The Labute approximate surface area is 92.9 Å². The largest absolute Gasteiger partial charge is 0.479 e. The number of carboxylic acids is 1. The van der Waals surface area contributed by atoms with E-state index >= 15 is 0 Å². The Morgan fingerprint density at radius 3 is 2.60 bits per heavy atom. The third-order valence-electron chi connectivity index (χ3n) is 1.65.